The molecule has 0 aliphatic carbocycles. The molecule has 0 spiro atoms. The maximum Gasteiger partial charge on any atom is 0.260 e. The average Bonchev–Trinajstić information content (AvgIpc) is 2.79. The highest BCUT2D eigenvalue weighted by Crippen LogP contribution is 2.28. The van der Waals surface area contributed by atoms with Crippen LogP contribution in [0, 0.1) is 0 Å². The second-order valence-corrected chi connectivity index (χ2v) is 9.49. The standard InChI is InChI=1S/C24H25ClN2O4S/c1-18(20-11-7-4-8-12-20)26-32(29,30)21-13-14-23(22(25)15-21)31-17-24(28)27(2)16-19-9-5-3-6-10-19/h3-15,18,26H,16-17H2,1-2H3/t18-/m1/s1. The summed E-state index contributed by atoms with van der Waals surface area (Å²) in [5.41, 5.74) is 1.86. The summed E-state index contributed by atoms with van der Waals surface area (Å²) in [5.74, 6) is 0.0168. The minimum atomic E-state index is -3.79. The van der Waals surface area contributed by atoms with Crippen molar-refractivity contribution in [2.45, 2.75) is 24.4 Å². The van der Waals surface area contributed by atoms with Gasteiger partial charge in [0.1, 0.15) is 5.75 Å². The molecule has 1 N–H and O–H groups in total. The number of benzene rings is 3. The molecule has 1 amide bonds. The van der Waals surface area contributed by atoms with Crippen molar-refractivity contribution >= 4 is 27.5 Å². The van der Waals surface area contributed by atoms with Gasteiger partial charge >= 0.3 is 0 Å². The Kier molecular flexibility index (Phi) is 7.90. The molecule has 0 unspecified atom stereocenters. The fourth-order valence-corrected chi connectivity index (χ4v) is 4.63. The van der Waals surface area contributed by atoms with E-state index in [1.165, 1.54) is 18.2 Å². The summed E-state index contributed by atoms with van der Waals surface area (Å²) in [4.78, 5) is 13.9. The van der Waals surface area contributed by atoms with E-state index in [1.54, 1.807) is 18.9 Å². The SMILES string of the molecule is C[C@@H](NS(=O)(=O)c1ccc(OCC(=O)N(C)Cc2ccccc2)c(Cl)c1)c1ccccc1. The van der Waals surface area contributed by atoms with Crippen molar-refractivity contribution in [2.24, 2.45) is 0 Å². The van der Waals surface area contributed by atoms with E-state index < -0.39 is 16.1 Å². The van der Waals surface area contributed by atoms with E-state index in [0.717, 1.165) is 11.1 Å². The molecule has 8 heteroatoms. The molecule has 6 nitrogen and oxygen atoms in total. The zero-order valence-electron chi connectivity index (χ0n) is 17.9. The number of amides is 1. The van der Waals surface area contributed by atoms with E-state index in [0.29, 0.717) is 6.54 Å². The second-order valence-electron chi connectivity index (χ2n) is 7.37. The highest BCUT2D eigenvalue weighted by molar-refractivity contribution is 7.89. The number of likely N-dealkylation sites (N-methyl/N-ethyl adjacent to an activating group) is 1. The normalized spacial score (nSPS) is 12.2. The summed E-state index contributed by atoms with van der Waals surface area (Å²) in [6.07, 6.45) is 0. The van der Waals surface area contributed by atoms with Crippen molar-refractivity contribution in [2.75, 3.05) is 13.7 Å². The van der Waals surface area contributed by atoms with Crippen LogP contribution in [0.25, 0.3) is 0 Å². The van der Waals surface area contributed by atoms with E-state index in [1.807, 2.05) is 60.7 Å². The van der Waals surface area contributed by atoms with Crippen molar-refractivity contribution in [1.82, 2.24) is 9.62 Å². The lowest BCUT2D eigenvalue weighted by atomic mass is 10.1. The highest BCUT2D eigenvalue weighted by atomic mass is 35.5. The fraction of sp³-hybridized carbons (Fsp3) is 0.208. The number of halogens is 1. The molecule has 3 aromatic rings. The minimum absolute atomic E-state index is 0.0187. The molecule has 0 aliphatic rings. The Hall–Kier alpha value is -2.87. The molecule has 0 aliphatic heterocycles. The minimum Gasteiger partial charge on any atom is -0.482 e. The van der Waals surface area contributed by atoms with Gasteiger partial charge < -0.3 is 9.64 Å². The van der Waals surface area contributed by atoms with Gasteiger partial charge in [0.2, 0.25) is 10.0 Å². The van der Waals surface area contributed by atoms with Crippen LogP contribution in [0.4, 0.5) is 0 Å². The van der Waals surface area contributed by atoms with Gasteiger partial charge in [-0.1, -0.05) is 72.3 Å². The van der Waals surface area contributed by atoms with Gasteiger partial charge in [0.05, 0.1) is 9.92 Å². The van der Waals surface area contributed by atoms with Gasteiger partial charge in [-0.2, -0.15) is 0 Å². The van der Waals surface area contributed by atoms with Gasteiger partial charge in [0.15, 0.2) is 6.61 Å². The fourth-order valence-electron chi connectivity index (χ4n) is 3.07. The van der Waals surface area contributed by atoms with Gasteiger partial charge in [-0.05, 0) is 36.2 Å². The van der Waals surface area contributed by atoms with Crippen molar-refractivity contribution in [3.05, 3.63) is 95.0 Å². The van der Waals surface area contributed by atoms with Gasteiger partial charge in [0, 0.05) is 19.6 Å². The number of nitrogens with one attached hydrogen (secondary N) is 1. The van der Waals surface area contributed by atoms with Crippen molar-refractivity contribution in [3.63, 3.8) is 0 Å². The predicted molar refractivity (Wildman–Crippen MR) is 125 cm³/mol. The third-order valence-corrected chi connectivity index (χ3v) is 6.72. The van der Waals surface area contributed by atoms with Gasteiger partial charge in [-0.15, -0.1) is 0 Å². The number of hydrogen-bond acceptors (Lipinski definition) is 4. The first-order valence-electron chi connectivity index (χ1n) is 10.0. The quantitative estimate of drug-likeness (QED) is 0.500. The van der Waals surface area contributed by atoms with Gasteiger partial charge in [-0.25, -0.2) is 13.1 Å². The summed E-state index contributed by atoms with van der Waals surface area (Å²) in [6.45, 7) is 2.02. The third-order valence-electron chi connectivity index (χ3n) is 4.88. The van der Waals surface area contributed by atoms with E-state index in [-0.39, 0.29) is 28.2 Å². The van der Waals surface area contributed by atoms with Crippen LogP contribution >= 0.6 is 11.6 Å². The van der Waals surface area contributed by atoms with Crippen LogP contribution in [0.5, 0.6) is 5.75 Å². The smallest absolute Gasteiger partial charge is 0.260 e. The molecular weight excluding hydrogens is 448 g/mol. The number of nitrogens with zero attached hydrogens (tertiary/aromatic N) is 1. The summed E-state index contributed by atoms with van der Waals surface area (Å²) < 4.78 is 33.6. The Morgan fingerprint density at radius 1 is 1.03 bits per heavy atom. The highest BCUT2D eigenvalue weighted by Gasteiger charge is 2.20. The molecule has 0 bridgehead atoms. The van der Waals surface area contributed by atoms with Gasteiger partial charge in [-0.3, -0.25) is 4.79 Å². The topological polar surface area (TPSA) is 75.7 Å². The van der Waals surface area contributed by atoms with Crippen LogP contribution in [0.2, 0.25) is 5.02 Å². The first-order chi connectivity index (χ1) is 15.3. The van der Waals surface area contributed by atoms with Crippen LogP contribution in [-0.4, -0.2) is 32.9 Å². The largest absolute Gasteiger partial charge is 0.482 e. The number of rotatable bonds is 9. The summed E-state index contributed by atoms with van der Waals surface area (Å²) in [5, 5.41) is 0.110. The predicted octanol–water partition coefficient (Wildman–Crippen LogP) is 4.42. The maximum atomic E-state index is 12.7. The number of hydrogen-bond donors (Lipinski definition) is 1. The molecule has 0 aromatic heterocycles. The Labute approximate surface area is 193 Å². The Balaban J connectivity index is 1.61. The Morgan fingerprint density at radius 2 is 1.66 bits per heavy atom. The number of ether oxygens (including phenoxy) is 1. The van der Waals surface area contributed by atoms with E-state index in [4.69, 9.17) is 16.3 Å². The molecule has 3 aromatic carbocycles. The van der Waals surface area contributed by atoms with Crippen molar-refractivity contribution in [1.29, 1.82) is 0 Å². The number of carbonyl (C=O) groups excluding carboxylic acids is 1. The lowest BCUT2D eigenvalue weighted by molar-refractivity contribution is -0.132. The molecule has 0 heterocycles. The van der Waals surface area contributed by atoms with E-state index >= 15 is 0 Å². The third kappa shape index (κ3) is 6.32. The first kappa shape index (κ1) is 23.8. The van der Waals surface area contributed by atoms with Crippen LogP contribution in [0.1, 0.15) is 24.1 Å². The van der Waals surface area contributed by atoms with Crippen LogP contribution in [0.15, 0.2) is 83.8 Å². The monoisotopic (exact) mass is 472 g/mol. The number of carbonyl (C=O) groups is 1. The van der Waals surface area contributed by atoms with Crippen LogP contribution in [-0.2, 0) is 21.4 Å². The van der Waals surface area contributed by atoms with Crippen LogP contribution < -0.4 is 9.46 Å². The zero-order valence-corrected chi connectivity index (χ0v) is 19.4. The molecule has 0 radical (unpaired) electrons. The second kappa shape index (κ2) is 10.6. The Bertz CT molecular complexity index is 1160. The molecule has 0 saturated heterocycles. The molecule has 0 fully saturated rings. The number of sulfonamides is 1. The molecular formula is C24H25ClN2O4S. The summed E-state index contributed by atoms with van der Waals surface area (Å²) in [6, 6.07) is 22.6. The average molecular weight is 473 g/mol. The molecule has 3 rings (SSSR count). The van der Waals surface area contributed by atoms with Gasteiger partial charge in [0.25, 0.3) is 5.91 Å². The van der Waals surface area contributed by atoms with E-state index in [9.17, 15) is 13.2 Å². The Morgan fingerprint density at radius 3 is 2.28 bits per heavy atom. The lowest BCUT2D eigenvalue weighted by Gasteiger charge is -2.18. The first-order valence-corrected chi connectivity index (χ1v) is 11.9. The maximum absolute atomic E-state index is 12.7. The zero-order chi connectivity index (χ0) is 23.1. The summed E-state index contributed by atoms with van der Waals surface area (Å²) in [7, 11) is -2.10. The summed E-state index contributed by atoms with van der Waals surface area (Å²) >= 11 is 6.24. The van der Waals surface area contributed by atoms with E-state index in [2.05, 4.69) is 4.72 Å². The van der Waals surface area contributed by atoms with Crippen molar-refractivity contribution < 1.29 is 17.9 Å². The molecule has 168 valence electrons. The molecule has 32 heavy (non-hydrogen) atoms. The lowest BCUT2D eigenvalue weighted by Crippen LogP contribution is -2.31. The van der Waals surface area contributed by atoms with Crippen molar-refractivity contribution in [3.8, 4) is 5.75 Å². The molecule has 1 atom stereocenters. The molecule has 0 saturated carbocycles. The van der Waals surface area contributed by atoms with Crippen LogP contribution in [0.3, 0.4) is 0 Å².